The van der Waals surface area contributed by atoms with Crippen LogP contribution in [0.25, 0.3) is 21.8 Å². The summed E-state index contributed by atoms with van der Waals surface area (Å²) in [6, 6.07) is 20.6. The fraction of sp³-hybridized carbons (Fsp3) is 0.500. The van der Waals surface area contributed by atoms with Crippen LogP contribution in [-0.4, -0.2) is 82.4 Å². The quantitative estimate of drug-likeness (QED) is 0.126. The molecule has 10 unspecified atom stereocenters. The molecule has 10 atom stereocenters. The summed E-state index contributed by atoms with van der Waals surface area (Å²) in [7, 11) is 3.41. The van der Waals surface area contributed by atoms with E-state index >= 15 is 0 Å². The van der Waals surface area contributed by atoms with Crippen LogP contribution >= 0.6 is 0 Å². The minimum absolute atomic E-state index is 0.213. The van der Waals surface area contributed by atoms with Gasteiger partial charge in [0.15, 0.2) is 0 Å². The molecule has 10 heteroatoms. The van der Waals surface area contributed by atoms with Crippen molar-refractivity contribution in [1.82, 2.24) is 30.0 Å². The molecule has 0 aliphatic carbocycles. The molecule has 6 aliphatic rings. The third kappa shape index (κ3) is 6.51. The average Bonchev–Trinajstić information content (AvgIpc) is 3.24. The van der Waals surface area contributed by atoms with Crippen LogP contribution in [0.3, 0.4) is 0 Å². The summed E-state index contributed by atoms with van der Waals surface area (Å²) < 4.78 is 25.3. The lowest BCUT2D eigenvalue weighted by molar-refractivity contribution is -0.0511. The second-order valence-corrected chi connectivity index (χ2v) is 15.9. The number of benzene rings is 2. The fourth-order valence-corrected chi connectivity index (χ4v) is 10.4. The molecule has 0 radical (unpaired) electrons. The van der Waals surface area contributed by atoms with Crippen LogP contribution < -0.4 is 18.9 Å². The van der Waals surface area contributed by atoms with Crippen LogP contribution in [0.15, 0.2) is 73.1 Å². The monoisotopic (exact) mass is 728 g/mol. The first kappa shape index (κ1) is 35.2. The van der Waals surface area contributed by atoms with Gasteiger partial charge in [0.05, 0.1) is 37.3 Å². The maximum absolute atomic E-state index is 6.98. The van der Waals surface area contributed by atoms with Gasteiger partial charge in [-0.05, 0) is 111 Å². The summed E-state index contributed by atoms with van der Waals surface area (Å²) >= 11 is 0. The maximum atomic E-state index is 6.98. The first-order valence-electron chi connectivity index (χ1n) is 20.0. The number of fused-ring (bicyclic) bond motifs is 8. The van der Waals surface area contributed by atoms with E-state index in [1.54, 1.807) is 14.2 Å². The number of hydrogen-bond acceptors (Lipinski definition) is 10. The predicted octanol–water partition coefficient (Wildman–Crippen LogP) is 8.07. The maximum Gasteiger partial charge on any atom is 0.234 e. The van der Waals surface area contributed by atoms with Crippen LogP contribution in [0, 0.1) is 23.7 Å². The molecule has 3 aromatic heterocycles. The molecule has 282 valence electrons. The third-order valence-corrected chi connectivity index (χ3v) is 13.3. The zero-order chi connectivity index (χ0) is 36.8. The van der Waals surface area contributed by atoms with Gasteiger partial charge in [-0.15, -0.1) is 10.2 Å². The highest BCUT2D eigenvalue weighted by Gasteiger charge is 2.46. The summed E-state index contributed by atoms with van der Waals surface area (Å²) in [5.41, 5.74) is 4.03. The summed E-state index contributed by atoms with van der Waals surface area (Å²) in [4.78, 5) is 14.7. The molecule has 11 rings (SSSR count). The zero-order valence-electron chi connectivity index (χ0n) is 31.9. The molecule has 5 aromatic rings. The lowest BCUT2D eigenvalue weighted by Gasteiger charge is -2.52. The SMILES string of the molecule is CCC1CN2CCC1CC2C(Oc1ccc(OC(c2ccnc3ccc(OC)cc23)C2CC3CCN2CC3CC)nn1)c1ccnc2ccc(OC)cc12. The molecule has 2 aromatic carbocycles. The fourth-order valence-electron chi connectivity index (χ4n) is 10.4. The van der Waals surface area contributed by atoms with E-state index in [0.29, 0.717) is 23.6 Å². The van der Waals surface area contributed by atoms with E-state index in [-0.39, 0.29) is 24.3 Å². The highest BCUT2D eigenvalue weighted by Crippen LogP contribution is 2.46. The normalized spacial score (nSPS) is 28.5. The Morgan fingerprint density at radius 1 is 0.630 bits per heavy atom. The van der Waals surface area contributed by atoms with Crippen molar-refractivity contribution in [2.75, 3.05) is 40.4 Å². The van der Waals surface area contributed by atoms with Crippen molar-refractivity contribution >= 4 is 21.8 Å². The summed E-state index contributed by atoms with van der Waals surface area (Å²) in [6.07, 6.45) is 10.4. The van der Waals surface area contributed by atoms with Gasteiger partial charge in [-0.2, -0.15) is 0 Å². The van der Waals surface area contributed by atoms with E-state index < -0.39 is 0 Å². The van der Waals surface area contributed by atoms with Crippen molar-refractivity contribution in [1.29, 1.82) is 0 Å². The number of aromatic nitrogens is 4. The molecule has 6 saturated heterocycles. The van der Waals surface area contributed by atoms with Gasteiger partial charge in [-0.3, -0.25) is 19.8 Å². The highest BCUT2D eigenvalue weighted by molar-refractivity contribution is 5.85. The molecular weight excluding hydrogens is 677 g/mol. The number of nitrogens with zero attached hydrogens (tertiary/aromatic N) is 6. The minimum atomic E-state index is -0.257. The predicted molar refractivity (Wildman–Crippen MR) is 209 cm³/mol. The molecule has 6 aliphatic heterocycles. The molecule has 0 spiro atoms. The molecule has 0 saturated carbocycles. The van der Waals surface area contributed by atoms with E-state index in [0.717, 1.165) is 95.3 Å². The van der Waals surface area contributed by atoms with Crippen LogP contribution in [0.5, 0.6) is 23.3 Å². The van der Waals surface area contributed by atoms with E-state index in [9.17, 15) is 0 Å². The lowest BCUT2D eigenvalue weighted by atomic mass is 9.72. The second-order valence-electron chi connectivity index (χ2n) is 15.9. The van der Waals surface area contributed by atoms with E-state index in [2.05, 4.69) is 47.9 Å². The Hall–Kier alpha value is -4.54. The van der Waals surface area contributed by atoms with Crippen molar-refractivity contribution < 1.29 is 18.9 Å². The van der Waals surface area contributed by atoms with Crippen molar-refractivity contribution in [2.24, 2.45) is 23.7 Å². The number of pyridine rings is 2. The molecule has 10 nitrogen and oxygen atoms in total. The molecule has 9 heterocycles. The summed E-state index contributed by atoms with van der Waals surface area (Å²) in [5.74, 6) is 5.42. The molecule has 0 amide bonds. The highest BCUT2D eigenvalue weighted by atomic mass is 16.5. The van der Waals surface area contributed by atoms with E-state index in [1.165, 1.54) is 25.7 Å². The van der Waals surface area contributed by atoms with Crippen molar-refractivity contribution in [3.05, 3.63) is 84.2 Å². The Labute approximate surface area is 318 Å². The Morgan fingerprint density at radius 2 is 1.09 bits per heavy atom. The number of hydrogen-bond donors (Lipinski definition) is 0. The Bertz CT molecular complexity index is 1950. The Kier molecular flexibility index (Phi) is 9.74. The molecule has 6 fully saturated rings. The van der Waals surface area contributed by atoms with Crippen LogP contribution in [-0.2, 0) is 0 Å². The van der Waals surface area contributed by atoms with Gasteiger partial charge < -0.3 is 18.9 Å². The van der Waals surface area contributed by atoms with Gasteiger partial charge in [0.2, 0.25) is 11.8 Å². The van der Waals surface area contributed by atoms with Crippen LogP contribution in [0.4, 0.5) is 0 Å². The average molecular weight is 729 g/mol. The van der Waals surface area contributed by atoms with Crippen LogP contribution in [0.2, 0.25) is 0 Å². The zero-order valence-corrected chi connectivity index (χ0v) is 31.9. The van der Waals surface area contributed by atoms with Crippen LogP contribution in [0.1, 0.15) is 75.7 Å². The summed E-state index contributed by atoms with van der Waals surface area (Å²) in [6.45, 7) is 9.04. The molecule has 54 heavy (non-hydrogen) atoms. The largest absolute Gasteiger partial charge is 0.497 e. The standard InChI is InChI=1S/C44H52N6O4/c1-5-27-25-49-19-15-29(27)21-39(49)43(33-13-17-45-37-9-7-31(51-3)23-35(33)37)53-41-11-12-42(48-47-41)54-44(40-22-30-16-20-50(40)26-28(30)6-2)34-14-18-46-38-10-8-32(52-4)24-36(34)38/h7-14,17-18,23-24,27-30,39-40,43-44H,5-6,15-16,19-22,25-26H2,1-4H3. The van der Waals surface area contributed by atoms with Crippen molar-refractivity contribution in [3.63, 3.8) is 0 Å². The smallest absolute Gasteiger partial charge is 0.234 e. The Morgan fingerprint density at radius 3 is 1.46 bits per heavy atom. The van der Waals surface area contributed by atoms with Crippen molar-refractivity contribution in [2.45, 2.75) is 76.7 Å². The number of methoxy groups -OCH3 is 2. The van der Waals surface area contributed by atoms with Gasteiger partial charge in [-0.1, -0.05) is 26.7 Å². The lowest BCUT2D eigenvalue weighted by Crippen LogP contribution is -2.56. The van der Waals surface area contributed by atoms with E-state index in [4.69, 9.17) is 39.1 Å². The number of ether oxygens (including phenoxy) is 4. The number of piperidine rings is 6. The van der Waals surface area contributed by atoms with Crippen molar-refractivity contribution in [3.8, 4) is 23.3 Å². The molecular formula is C44H52N6O4. The van der Waals surface area contributed by atoms with Gasteiger partial charge >= 0.3 is 0 Å². The second kappa shape index (κ2) is 14.9. The van der Waals surface area contributed by atoms with Gasteiger partial charge in [-0.25, -0.2) is 0 Å². The third-order valence-electron chi connectivity index (χ3n) is 13.3. The first-order chi connectivity index (χ1) is 26.5. The minimum Gasteiger partial charge on any atom is -0.497 e. The topological polar surface area (TPSA) is 95.0 Å². The first-order valence-corrected chi connectivity index (χ1v) is 20.0. The van der Waals surface area contributed by atoms with E-state index in [1.807, 2.05) is 48.8 Å². The molecule has 4 bridgehead atoms. The molecule has 0 N–H and O–H groups in total. The Balaban J connectivity index is 1.04. The van der Waals surface area contributed by atoms with Gasteiger partial charge in [0.1, 0.15) is 23.7 Å². The van der Waals surface area contributed by atoms with Gasteiger partial charge in [0, 0.05) is 59.5 Å². The number of rotatable bonds is 12. The van der Waals surface area contributed by atoms with Gasteiger partial charge in [0.25, 0.3) is 0 Å². The summed E-state index contributed by atoms with van der Waals surface area (Å²) in [5, 5.41) is 11.5.